The predicted octanol–water partition coefficient (Wildman–Crippen LogP) is 2.03. The first-order valence-electron chi connectivity index (χ1n) is 8.52. The average Bonchev–Trinajstić information content (AvgIpc) is 3.23. The van der Waals surface area contributed by atoms with Crippen LogP contribution in [0.25, 0.3) is 5.65 Å². The van der Waals surface area contributed by atoms with E-state index in [4.69, 9.17) is 0 Å². The molecule has 0 spiro atoms. The number of fused-ring (bicyclic) bond motifs is 1. The molecule has 2 N–H and O–H groups in total. The second-order valence-electron chi connectivity index (χ2n) is 6.81. The van der Waals surface area contributed by atoms with Crippen LogP contribution < -0.4 is 5.32 Å². The van der Waals surface area contributed by atoms with Gasteiger partial charge in [-0.1, -0.05) is 6.07 Å². The maximum atomic E-state index is 12.7. The molecule has 2 aromatic rings. The van der Waals surface area contributed by atoms with Gasteiger partial charge in [0.15, 0.2) is 11.5 Å². The first-order valence-corrected chi connectivity index (χ1v) is 9.91. The monoisotopic (exact) mass is 377 g/mol. The summed E-state index contributed by atoms with van der Waals surface area (Å²) in [6.45, 7) is 2.33. The number of nitrogens with zero attached hydrogens (tertiary/aromatic N) is 4. The van der Waals surface area contributed by atoms with E-state index >= 15 is 0 Å². The van der Waals surface area contributed by atoms with Gasteiger partial charge in [0.2, 0.25) is 0 Å². The maximum absolute atomic E-state index is 12.7. The smallest absolute Gasteiger partial charge is 0.318 e. The third-order valence-electron chi connectivity index (χ3n) is 4.84. The fraction of sp³-hybridized carbons (Fsp3) is 0.529. The molecule has 1 saturated heterocycles. The van der Waals surface area contributed by atoms with Crippen LogP contribution in [0.3, 0.4) is 0 Å². The zero-order chi connectivity index (χ0) is 18.7. The van der Waals surface area contributed by atoms with Crippen molar-refractivity contribution in [2.75, 3.05) is 25.1 Å². The molecule has 1 aliphatic heterocycles. The van der Waals surface area contributed by atoms with Crippen LogP contribution in [-0.4, -0.2) is 61.7 Å². The lowest BCUT2D eigenvalue weighted by Gasteiger charge is -2.24. The Morgan fingerprint density at radius 3 is 2.92 bits per heavy atom. The summed E-state index contributed by atoms with van der Waals surface area (Å²) in [5.41, 5.74) is -0.154. The van der Waals surface area contributed by atoms with Crippen molar-refractivity contribution in [3.05, 3.63) is 30.2 Å². The zero-order valence-corrected chi connectivity index (χ0v) is 15.7. The van der Waals surface area contributed by atoms with Crippen LogP contribution in [0.1, 0.15) is 31.6 Å². The second kappa shape index (κ2) is 7.53. The molecular weight excluding hydrogens is 354 g/mol. The second-order valence-corrected chi connectivity index (χ2v) is 7.79. The number of thioether (sulfide) groups is 1. The van der Waals surface area contributed by atoms with Gasteiger partial charge in [-0.15, -0.1) is 10.2 Å². The van der Waals surface area contributed by atoms with E-state index in [9.17, 15) is 14.7 Å². The van der Waals surface area contributed by atoms with Crippen LogP contribution in [0.4, 0.5) is 4.79 Å². The van der Waals surface area contributed by atoms with Gasteiger partial charge in [0.1, 0.15) is 0 Å². The fourth-order valence-corrected chi connectivity index (χ4v) is 3.62. The Bertz CT molecular complexity index is 811. The van der Waals surface area contributed by atoms with Crippen molar-refractivity contribution in [2.45, 2.75) is 25.8 Å². The lowest BCUT2D eigenvalue weighted by atomic mass is 9.90. The first-order chi connectivity index (χ1) is 12.4. The van der Waals surface area contributed by atoms with Gasteiger partial charge in [-0.3, -0.25) is 9.20 Å². The number of carbonyl (C=O) groups excluding carboxylic acids is 1. The summed E-state index contributed by atoms with van der Waals surface area (Å²) < 4.78 is 1.87. The van der Waals surface area contributed by atoms with Crippen LogP contribution in [-0.2, 0) is 4.79 Å². The number of carboxylic acid groups (broad SMARTS) is 1. The molecule has 8 nitrogen and oxygen atoms in total. The molecule has 0 saturated carbocycles. The molecule has 0 bridgehead atoms. The van der Waals surface area contributed by atoms with E-state index in [1.54, 1.807) is 23.6 Å². The lowest BCUT2D eigenvalue weighted by molar-refractivity contribution is -0.147. The highest BCUT2D eigenvalue weighted by atomic mass is 32.2. The number of carbonyl (C=O) groups is 2. The van der Waals surface area contributed by atoms with Gasteiger partial charge in [-0.05, 0) is 43.9 Å². The van der Waals surface area contributed by atoms with Crippen molar-refractivity contribution in [3.63, 3.8) is 0 Å². The van der Waals surface area contributed by atoms with Gasteiger partial charge < -0.3 is 15.3 Å². The minimum absolute atomic E-state index is 0.212. The third-order valence-corrected chi connectivity index (χ3v) is 5.48. The van der Waals surface area contributed by atoms with Gasteiger partial charge in [0.05, 0.1) is 11.5 Å². The maximum Gasteiger partial charge on any atom is 0.318 e. The molecule has 0 aromatic carbocycles. The van der Waals surface area contributed by atoms with Crippen molar-refractivity contribution < 1.29 is 14.7 Å². The van der Waals surface area contributed by atoms with E-state index in [1.165, 1.54) is 0 Å². The Balaban J connectivity index is 1.77. The summed E-state index contributed by atoms with van der Waals surface area (Å²) >= 11 is 1.70. The van der Waals surface area contributed by atoms with Gasteiger partial charge in [0, 0.05) is 19.3 Å². The van der Waals surface area contributed by atoms with Crippen LogP contribution in [0, 0.1) is 5.41 Å². The molecule has 2 amide bonds. The Labute approximate surface area is 156 Å². The van der Waals surface area contributed by atoms with Crippen molar-refractivity contribution in [3.8, 4) is 0 Å². The number of amides is 2. The molecule has 0 aliphatic carbocycles. The molecular formula is C17H23N5O3S. The summed E-state index contributed by atoms with van der Waals surface area (Å²) in [5.74, 6) is 0.679. The van der Waals surface area contributed by atoms with Crippen LogP contribution in [0.5, 0.6) is 0 Å². The molecule has 140 valence electrons. The molecule has 1 fully saturated rings. The molecule has 2 unspecified atom stereocenters. The topological polar surface area (TPSA) is 99.8 Å². The highest BCUT2D eigenvalue weighted by molar-refractivity contribution is 7.98. The highest BCUT2D eigenvalue weighted by Crippen LogP contribution is 2.30. The first kappa shape index (κ1) is 18.5. The number of aliphatic carboxylic acids is 1. The minimum atomic E-state index is -0.881. The van der Waals surface area contributed by atoms with Gasteiger partial charge in [0.25, 0.3) is 0 Å². The number of hydrogen-bond donors (Lipinski definition) is 2. The number of nitrogens with one attached hydrogen (secondary N) is 1. The van der Waals surface area contributed by atoms with Gasteiger partial charge in [-0.25, -0.2) is 4.79 Å². The van der Waals surface area contributed by atoms with Crippen LogP contribution in [0.2, 0.25) is 0 Å². The van der Waals surface area contributed by atoms with Crippen LogP contribution >= 0.6 is 11.8 Å². The van der Waals surface area contributed by atoms with Crippen molar-refractivity contribution >= 4 is 29.4 Å². The molecule has 2 atom stereocenters. The van der Waals surface area contributed by atoms with E-state index in [0.717, 1.165) is 11.4 Å². The van der Waals surface area contributed by atoms with Crippen molar-refractivity contribution in [1.29, 1.82) is 0 Å². The summed E-state index contributed by atoms with van der Waals surface area (Å²) in [4.78, 5) is 25.7. The number of carboxylic acids is 1. The summed E-state index contributed by atoms with van der Waals surface area (Å²) in [5, 5.41) is 20.8. The standard InChI is InChI=1S/C17H23N5O3S/c1-17(15(23)24)7-9-21(11-17)16(25)18-12(6-10-26-2)14-20-19-13-5-3-4-8-22(13)14/h3-5,8,12H,6-7,9-11H2,1-2H3,(H,18,25)(H,23,24). The van der Waals surface area contributed by atoms with E-state index < -0.39 is 11.4 Å². The Kier molecular flexibility index (Phi) is 5.36. The van der Waals surface area contributed by atoms with Gasteiger partial charge >= 0.3 is 12.0 Å². The average molecular weight is 377 g/mol. The van der Waals surface area contributed by atoms with E-state index in [0.29, 0.717) is 25.2 Å². The fourth-order valence-electron chi connectivity index (χ4n) is 3.15. The molecule has 1 aliphatic rings. The molecule has 26 heavy (non-hydrogen) atoms. The number of likely N-dealkylation sites (tertiary alicyclic amines) is 1. The van der Waals surface area contributed by atoms with Crippen LogP contribution in [0.15, 0.2) is 24.4 Å². The molecule has 3 heterocycles. The number of urea groups is 1. The minimum Gasteiger partial charge on any atom is -0.481 e. The Hall–Kier alpha value is -2.29. The quantitative estimate of drug-likeness (QED) is 0.799. The SMILES string of the molecule is CSCCC(NC(=O)N1CCC(C)(C(=O)O)C1)c1nnc2ccccn12. The number of hydrogen-bond acceptors (Lipinski definition) is 5. The molecule has 9 heteroatoms. The predicted molar refractivity (Wildman–Crippen MR) is 99.2 cm³/mol. The highest BCUT2D eigenvalue weighted by Gasteiger charge is 2.42. The largest absolute Gasteiger partial charge is 0.481 e. The molecule has 3 rings (SSSR count). The van der Waals surface area contributed by atoms with E-state index in [2.05, 4.69) is 15.5 Å². The Morgan fingerprint density at radius 2 is 2.23 bits per heavy atom. The Morgan fingerprint density at radius 1 is 1.42 bits per heavy atom. The number of aromatic nitrogens is 3. The normalized spacial score (nSPS) is 21.1. The van der Waals surface area contributed by atoms with E-state index in [1.807, 2.05) is 35.1 Å². The van der Waals surface area contributed by atoms with E-state index in [-0.39, 0.29) is 18.6 Å². The summed E-state index contributed by atoms with van der Waals surface area (Å²) in [7, 11) is 0. The molecule has 2 aromatic heterocycles. The summed E-state index contributed by atoms with van der Waals surface area (Å²) in [6, 6.07) is 5.10. The van der Waals surface area contributed by atoms with Crippen molar-refractivity contribution in [2.24, 2.45) is 5.41 Å². The third kappa shape index (κ3) is 3.62. The molecule has 0 radical (unpaired) electrons. The lowest BCUT2D eigenvalue weighted by Crippen LogP contribution is -2.42. The van der Waals surface area contributed by atoms with Crippen molar-refractivity contribution in [1.82, 2.24) is 24.8 Å². The number of rotatable bonds is 6. The number of pyridine rings is 1. The zero-order valence-electron chi connectivity index (χ0n) is 14.9. The summed E-state index contributed by atoms with van der Waals surface area (Å²) in [6.07, 6.45) is 5.06. The van der Waals surface area contributed by atoms with Gasteiger partial charge in [-0.2, -0.15) is 11.8 Å².